The highest BCUT2D eigenvalue weighted by Crippen LogP contribution is 2.35. The fourth-order valence-corrected chi connectivity index (χ4v) is 3.90. The van der Waals surface area contributed by atoms with Gasteiger partial charge in [-0.1, -0.05) is 0 Å². The maximum absolute atomic E-state index is 12.9. The van der Waals surface area contributed by atoms with E-state index in [9.17, 15) is 9.59 Å². The van der Waals surface area contributed by atoms with Crippen LogP contribution < -0.4 is 10.1 Å². The van der Waals surface area contributed by atoms with E-state index in [1.54, 1.807) is 29.5 Å². The van der Waals surface area contributed by atoms with Gasteiger partial charge in [0.2, 0.25) is 0 Å². The second kappa shape index (κ2) is 5.70. The van der Waals surface area contributed by atoms with Gasteiger partial charge in [0.15, 0.2) is 6.61 Å². The molecule has 1 atom stereocenters. The Labute approximate surface area is 137 Å². The topological polar surface area (TPSA) is 58.6 Å². The van der Waals surface area contributed by atoms with Crippen LogP contribution in [0.2, 0.25) is 0 Å². The van der Waals surface area contributed by atoms with Crippen LogP contribution >= 0.6 is 11.3 Å². The Balaban J connectivity index is 1.60. The Morgan fingerprint density at radius 3 is 3.09 bits per heavy atom. The van der Waals surface area contributed by atoms with Crippen molar-refractivity contribution < 1.29 is 14.3 Å². The van der Waals surface area contributed by atoms with Gasteiger partial charge in [-0.05, 0) is 53.4 Å². The zero-order valence-corrected chi connectivity index (χ0v) is 13.3. The molecule has 0 aliphatic carbocycles. The molecule has 0 unspecified atom stereocenters. The first-order chi connectivity index (χ1) is 11.2. The van der Waals surface area contributed by atoms with E-state index in [1.165, 1.54) is 5.56 Å². The average Bonchev–Trinajstić information content (AvgIpc) is 3.24. The fourth-order valence-electron chi connectivity index (χ4n) is 3.19. The molecule has 4 rings (SSSR count). The van der Waals surface area contributed by atoms with Crippen molar-refractivity contribution in [1.82, 2.24) is 4.90 Å². The Morgan fingerprint density at radius 2 is 2.26 bits per heavy atom. The van der Waals surface area contributed by atoms with Gasteiger partial charge in [0, 0.05) is 12.1 Å². The molecule has 6 heteroatoms. The number of hydrogen-bond acceptors (Lipinski definition) is 4. The van der Waals surface area contributed by atoms with Crippen LogP contribution in [0.5, 0.6) is 5.75 Å². The number of amides is 2. The third-order valence-corrected chi connectivity index (χ3v) is 5.00. The summed E-state index contributed by atoms with van der Waals surface area (Å²) in [6, 6.07) is 7.45. The lowest BCUT2D eigenvalue weighted by molar-refractivity contribution is -0.118. The van der Waals surface area contributed by atoms with Gasteiger partial charge >= 0.3 is 0 Å². The Hall–Kier alpha value is -2.34. The molecule has 0 bridgehead atoms. The molecule has 118 valence electrons. The maximum Gasteiger partial charge on any atom is 0.262 e. The molecular weight excluding hydrogens is 312 g/mol. The first-order valence-electron chi connectivity index (χ1n) is 7.62. The highest BCUT2D eigenvalue weighted by Gasteiger charge is 2.31. The lowest BCUT2D eigenvalue weighted by atomic mass is 10.1. The number of nitrogens with one attached hydrogen (secondary N) is 1. The summed E-state index contributed by atoms with van der Waals surface area (Å²) >= 11 is 1.66. The number of thiophene rings is 1. The predicted molar refractivity (Wildman–Crippen MR) is 87.9 cm³/mol. The molecule has 5 nitrogen and oxygen atoms in total. The summed E-state index contributed by atoms with van der Waals surface area (Å²) in [5.41, 5.74) is 2.43. The molecule has 2 aliphatic heterocycles. The van der Waals surface area contributed by atoms with Gasteiger partial charge in [0.25, 0.3) is 11.8 Å². The van der Waals surface area contributed by atoms with Gasteiger partial charge in [0.05, 0.1) is 11.7 Å². The van der Waals surface area contributed by atoms with Crippen LogP contribution in [0.1, 0.15) is 34.8 Å². The first kappa shape index (κ1) is 14.3. The summed E-state index contributed by atoms with van der Waals surface area (Å²) < 4.78 is 5.41. The Bertz CT molecular complexity index is 757. The summed E-state index contributed by atoms with van der Waals surface area (Å²) in [6.45, 7) is 0.764. The SMILES string of the molecule is O=C1COc2cc(C(=O)N3CCC[C@@H]3c3ccsc3)ccc2N1. The first-order valence-corrected chi connectivity index (χ1v) is 8.56. The molecule has 0 saturated carbocycles. The normalized spacial score (nSPS) is 19.9. The predicted octanol–water partition coefficient (Wildman–Crippen LogP) is 3.06. The molecule has 1 aromatic carbocycles. The molecule has 2 amide bonds. The highest BCUT2D eigenvalue weighted by atomic mass is 32.1. The van der Waals surface area contributed by atoms with Crippen LogP contribution in [0.3, 0.4) is 0 Å². The quantitative estimate of drug-likeness (QED) is 0.922. The largest absolute Gasteiger partial charge is 0.482 e. The smallest absolute Gasteiger partial charge is 0.262 e. The Morgan fingerprint density at radius 1 is 1.35 bits per heavy atom. The van der Waals surface area contributed by atoms with E-state index in [-0.39, 0.29) is 24.5 Å². The number of likely N-dealkylation sites (tertiary alicyclic amines) is 1. The number of benzene rings is 1. The number of carbonyl (C=O) groups is 2. The second-order valence-electron chi connectivity index (χ2n) is 5.76. The second-order valence-corrected chi connectivity index (χ2v) is 6.54. The summed E-state index contributed by atoms with van der Waals surface area (Å²) in [6.07, 6.45) is 2.02. The number of nitrogens with zero attached hydrogens (tertiary/aromatic N) is 1. The standard InChI is InChI=1S/C17H16N2O3S/c20-16-9-22-15-8-11(3-4-13(15)18-16)17(21)19-6-1-2-14(19)12-5-7-23-10-12/h3-5,7-8,10,14H,1-2,6,9H2,(H,18,20)/t14-/m1/s1. The van der Waals surface area contributed by atoms with Gasteiger partial charge in [0.1, 0.15) is 5.75 Å². The van der Waals surface area contributed by atoms with E-state index in [2.05, 4.69) is 16.8 Å². The van der Waals surface area contributed by atoms with Crippen molar-refractivity contribution in [3.63, 3.8) is 0 Å². The van der Waals surface area contributed by atoms with Crippen LogP contribution in [-0.2, 0) is 4.79 Å². The minimum absolute atomic E-state index is 0.00805. The van der Waals surface area contributed by atoms with Crippen LogP contribution in [0.15, 0.2) is 35.0 Å². The van der Waals surface area contributed by atoms with Gasteiger partial charge in [-0.25, -0.2) is 0 Å². The van der Waals surface area contributed by atoms with Gasteiger partial charge in [-0.2, -0.15) is 11.3 Å². The van der Waals surface area contributed by atoms with Gasteiger partial charge in [-0.3, -0.25) is 9.59 Å². The molecule has 0 radical (unpaired) electrons. The van der Waals surface area contributed by atoms with Gasteiger partial charge in [-0.15, -0.1) is 0 Å². The van der Waals surface area contributed by atoms with Crippen LogP contribution in [0, 0.1) is 0 Å². The van der Waals surface area contributed by atoms with Crippen LogP contribution in [-0.4, -0.2) is 29.9 Å². The summed E-state index contributed by atoms with van der Waals surface area (Å²) in [7, 11) is 0. The van der Waals surface area contributed by atoms with Crippen LogP contribution in [0.25, 0.3) is 0 Å². The number of fused-ring (bicyclic) bond motifs is 1. The van der Waals surface area contributed by atoms with E-state index in [4.69, 9.17) is 4.74 Å². The molecule has 2 aliphatic rings. The number of carbonyl (C=O) groups excluding carboxylic acids is 2. The van der Waals surface area contributed by atoms with Crippen molar-refractivity contribution in [2.75, 3.05) is 18.5 Å². The van der Waals surface area contributed by atoms with Crippen molar-refractivity contribution in [2.45, 2.75) is 18.9 Å². The van der Waals surface area contributed by atoms with Gasteiger partial charge < -0.3 is 15.0 Å². The monoisotopic (exact) mass is 328 g/mol. The summed E-state index contributed by atoms with van der Waals surface area (Å²) in [5, 5.41) is 6.90. The molecular formula is C17H16N2O3S. The molecule has 1 aromatic heterocycles. The zero-order valence-electron chi connectivity index (χ0n) is 12.5. The van der Waals surface area contributed by atoms with Crippen molar-refractivity contribution in [1.29, 1.82) is 0 Å². The number of rotatable bonds is 2. The lowest BCUT2D eigenvalue weighted by Gasteiger charge is -2.25. The lowest BCUT2D eigenvalue weighted by Crippen LogP contribution is -2.31. The summed E-state index contributed by atoms with van der Waals surface area (Å²) in [5.74, 6) is 0.400. The molecule has 1 fully saturated rings. The molecule has 23 heavy (non-hydrogen) atoms. The number of anilines is 1. The van der Waals surface area contributed by atoms with E-state index >= 15 is 0 Å². The maximum atomic E-state index is 12.9. The van der Waals surface area contributed by atoms with Crippen molar-refractivity contribution >= 4 is 28.8 Å². The highest BCUT2D eigenvalue weighted by molar-refractivity contribution is 7.08. The van der Waals surface area contributed by atoms with E-state index in [1.807, 2.05) is 10.3 Å². The number of hydrogen-bond donors (Lipinski definition) is 1. The van der Waals surface area contributed by atoms with E-state index in [0.717, 1.165) is 19.4 Å². The van der Waals surface area contributed by atoms with Crippen LogP contribution in [0.4, 0.5) is 5.69 Å². The molecule has 0 spiro atoms. The third kappa shape index (κ3) is 2.59. The van der Waals surface area contributed by atoms with E-state index < -0.39 is 0 Å². The minimum Gasteiger partial charge on any atom is -0.482 e. The fraction of sp³-hybridized carbons (Fsp3) is 0.294. The summed E-state index contributed by atoms with van der Waals surface area (Å²) in [4.78, 5) is 26.1. The average molecular weight is 328 g/mol. The minimum atomic E-state index is -0.173. The van der Waals surface area contributed by atoms with Crippen molar-refractivity contribution in [3.05, 3.63) is 46.2 Å². The number of ether oxygens (including phenoxy) is 1. The zero-order chi connectivity index (χ0) is 15.8. The molecule has 3 heterocycles. The molecule has 1 saturated heterocycles. The van der Waals surface area contributed by atoms with Crippen molar-refractivity contribution in [3.8, 4) is 5.75 Å². The van der Waals surface area contributed by atoms with E-state index in [0.29, 0.717) is 17.0 Å². The molecule has 2 aromatic rings. The van der Waals surface area contributed by atoms with Crippen molar-refractivity contribution in [2.24, 2.45) is 0 Å². The third-order valence-electron chi connectivity index (χ3n) is 4.30. The Kier molecular flexibility index (Phi) is 3.53. The molecule has 1 N–H and O–H groups in total.